The predicted molar refractivity (Wildman–Crippen MR) is 95.3 cm³/mol. The molecular weight excluding hydrogens is 456 g/mol. The molecule has 0 saturated carbocycles. The van der Waals surface area contributed by atoms with Gasteiger partial charge in [0.25, 0.3) is 0 Å². The number of anilines is 1. The summed E-state index contributed by atoms with van der Waals surface area (Å²) in [6.07, 6.45) is 0.318. The second kappa shape index (κ2) is 8.91. The summed E-state index contributed by atoms with van der Waals surface area (Å²) in [5, 5.41) is 23.0. The second-order valence-electron chi connectivity index (χ2n) is 5.11. The summed E-state index contributed by atoms with van der Waals surface area (Å²) in [7, 11) is 0. The molecule has 144 valence electrons. The lowest BCUT2D eigenvalue weighted by molar-refractivity contribution is -0.384. The van der Waals surface area contributed by atoms with E-state index in [1.165, 1.54) is 18.2 Å². The van der Waals surface area contributed by atoms with Gasteiger partial charge < -0.3 is 15.2 Å². The molecule has 1 aromatic heterocycles. The number of halogens is 4. The summed E-state index contributed by atoms with van der Waals surface area (Å²) < 4.78 is 30.2. The highest BCUT2D eigenvalue weighted by molar-refractivity contribution is 9.10. The van der Waals surface area contributed by atoms with Crippen molar-refractivity contribution in [3.05, 3.63) is 55.8 Å². The van der Waals surface area contributed by atoms with Gasteiger partial charge in [-0.2, -0.15) is 8.78 Å². The lowest BCUT2D eigenvalue weighted by atomic mass is 10.0. The Balaban J connectivity index is 2.54. The van der Waals surface area contributed by atoms with Crippen molar-refractivity contribution in [2.45, 2.75) is 19.1 Å². The molecule has 0 aliphatic heterocycles. The number of hydrogen-bond donors (Lipinski definition) is 2. The number of alkyl halides is 2. The van der Waals surface area contributed by atoms with Crippen LogP contribution >= 0.6 is 27.5 Å². The largest absolute Gasteiger partial charge is 0.481 e. The van der Waals surface area contributed by atoms with E-state index < -0.39 is 35.7 Å². The van der Waals surface area contributed by atoms with E-state index in [9.17, 15) is 28.8 Å². The van der Waals surface area contributed by atoms with Crippen molar-refractivity contribution in [1.29, 1.82) is 0 Å². The van der Waals surface area contributed by atoms with Crippen LogP contribution in [0.3, 0.4) is 0 Å². The minimum absolute atomic E-state index is 0.0578. The van der Waals surface area contributed by atoms with E-state index in [2.05, 4.69) is 31.0 Å². The Kier molecular flexibility index (Phi) is 6.86. The number of pyridine rings is 1. The van der Waals surface area contributed by atoms with E-state index in [1.54, 1.807) is 0 Å². The highest BCUT2D eigenvalue weighted by Crippen LogP contribution is 2.38. The standard InChI is InChI=1S/C15H11BrClF2N3O5/c16-7-2-1-3-11(27-15(18)19)14(7)9(5-13(23)24)21-8-4-12(17)20-6-10(8)22(25)26/h1-4,6,9,15H,5H2,(H,20,21)(H,23,24). The zero-order chi connectivity index (χ0) is 20.1. The minimum Gasteiger partial charge on any atom is -0.481 e. The van der Waals surface area contributed by atoms with Crippen molar-refractivity contribution >= 4 is 44.9 Å². The van der Waals surface area contributed by atoms with Crippen molar-refractivity contribution in [1.82, 2.24) is 4.98 Å². The van der Waals surface area contributed by atoms with Gasteiger partial charge in [-0.3, -0.25) is 14.9 Å². The highest BCUT2D eigenvalue weighted by atomic mass is 79.9. The fourth-order valence-corrected chi connectivity index (χ4v) is 3.11. The molecule has 8 nitrogen and oxygen atoms in total. The average molecular weight is 467 g/mol. The molecule has 1 heterocycles. The van der Waals surface area contributed by atoms with Gasteiger partial charge >= 0.3 is 18.3 Å². The van der Waals surface area contributed by atoms with Crippen molar-refractivity contribution in [3.8, 4) is 5.75 Å². The molecule has 1 aromatic carbocycles. The Hall–Kier alpha value is -2.53. The van der Waals surface area contributed by atoms with Crippen molar-refractivity contribution in [3.63, 3.8) is 0 Å². The van der Waals surface area contributed by atoms with Crippen LogP contribution in [0.5, 0.6) is 5.75 Å². The third-order valence-electron chi connectivity index (χ3n) is 3.33. The van der Waals surface area contributed by atoms with Gasteiger partial charge in [-0.1, -0.05) is 33.6 Å². The summed E-state index contributed by atoms with van der Waals surface area (Å²) in [5.74, 6) is -1.55. The predicted octanol–water partition coefficient (Wildman–Crippen LogP) is 4.64. The number of carboxylic acid groups (broad SMARTS) is 1. The number of hydrogen-bond acceptors (Lipinski definition) is 6. The first-order chi connectivity index (χ1) is 12.7. The van der Waals surface area contributed by atoms with Crippen molar-refractivity contribution in [2.24, 2.45) is 0 Å². The normalized spacial score (nSPS) is 11.9. The third-order valence-corrected chi connectivity index (χ3v) is 4.23. The number of aliphatic carboxylic acids is 1. The SMILES string of the molecule is O=C(O)CC(Nc1cc(Cl)ncc1[N+](=O)[O-])c1c(Br)cccc1OC(F)F. The van der Waals surface area contributed by atoms with E-state index >= 15 is 0 Å². The summed E-state index contributed by atoms with van der Waals surface area (Å²) in [4.78, 5) is 25.3. The Morgan fingerprint density at radius 3 is 2.78 bits per heavy atom. The molecule has 12 heteroatoms. The molecule has 27 heavy (non-hydrogen) atoms. The first-order valence-corrected chi connectivity index (χ1v) is 8.37. The number of carboxylic acids is 1. The molecule has 2 aromatic rings. The fourth-order valence-electron chi connectivity index (χ4n) is 2.33. The molecule has 0 aliphatic rings. The maximum atomic E-state index is 12.7. The molecule has 0 saturated heterocycles. The highest BCUT2D eigenvalue weighted by Gasteiger charge is 2.26. The number of benzene rings is 1. The average Bonchev–Trinajstić information content (AvgIpc) is 2.53. The molecule has 0 spiro atoms. The van der Waals surface area contributed by atoms with Gasteiger partial charge in [0.05, 0.1) is 17.4 Å². The van der Waals surface area contributed by atoms with Gasteiger partial charge in [-0.15, -0.1) is 0 Å². The minimum atomic E-state index is -3.15. The van der Waals surface area contributed by atoms with E-state index in [4.69, 9.17) is 11.6 Å². The van der Waals surface area contributed by atoms with Crippen LogP contribution in [-0.4, -0.2) is 27.6 Å². The van der Waals surface area contributed by atoms with E-state index in [-0.39, 0.29) is 26.6 Å². The Labute approximate surface area is 164 Å². The second-order valence-corrected chi connectivity index (χ2v) is 6.35. The van der Waals surface area contributed by atoms with Gasteiger partial charge in [0.1, 0.15) is 22.8 Å². The number of aromatic nitrogens is 1. The van der Waals surface area contributed by atoms with Crippen LogP contribution in [0.25, 0.3) is 0 Å². The Bertz CT molecular complexity index is 871. The maximum absolute atomic E-state index is 12.7. The van der Waals surface area contributed by atoms with Crippen LogP contribution in [0.4, 0.5) is 20.2 Å². The molecule has 1 atom stereocenters. The quantitative estimate of drug-likeness (QED) is 0.331. The van der Waals surface area contributed by atoms with Crippen molar-refractivity contribution < 1.29 is 28.3 Å². The molecule has 2 rings (SSSR count). The van der Waals surface area contributed by atoms with E-state index in [0.717, 1.165) is 12.3 Å². The monoisotopic (exact) mass is 465 g/mol. The number of nitrogens with one attached hydrogen (secondary N) is 1. The number of rotatable bonds is 8. The van der Waals surface area contributed by atoms with E-state index in [1.807, 2.05) is 0 Å². The van der Waals surface area contributed by atoms with Crippen molar-refractivity contribution in [2.75, 3.05) is 5.32 Å². The fraction of sp³-hybridized carbons (Fsp3) is 0.200. The Morgan fingerprint density at radius 1 is 1.48 bits per heavy atom. The number of nitro groups is 1. The first-order valence-electron chi connectivity index (χ1n) is 7.20. The molecule has 0 aliphatic carbocycles. The number of ether oxygens (including phenoxy) is 1. The van der Waals surface area contributed by atoms with Gasteiger partial charge in [0.15, 0.2) is 0 Å². The zero-order valence-electron chi connectivity index (χ0n) is 13.2. The third kappa shape index (κ3) is 5.47. The Morgan fingerprint density at radius 2 is 2.19 bits per heavy atom. The molecule has 2 N–H and O–H groups in total. The summed E-state index contributed by atoms with van der Waals surface area (Å²) >= 11 is 8.94. The van der Waals surface area contributed by atoms with Crippen LogP contribution in [0, 0.1) is 10.1 Å². The maximum Gasteiger partial charge on any atom is 0.387 e. The lowest BCUT2D eigenvalue weighted by Crippen LogP contribution is -2.18. The number of carbonyl (C=O) groups is 1. The zero-order valence-corrected chi connectivity index (χ0v) is 15.6. The van der Waals surface area contributed by atoms with Crippen LogP contribution in [-0.2, 0) is 4.79 Å². The topological polar surface area (TPSA) is 115 Å². The number of nitrogens with zero attached hydrogens (tertiary/aromatic N) is 2. The van der Waals surface area contributed by atoms with Gasteiger partial charge in [-0.05, 0) is 12.1 Å². The molecular formula is C15H11BrClF2N3O5. The van der Waals surface area contributed by atoms with E-state index in [0.29, 0.717) is 0 Å². The summed E-state index contributed by atoms with van der Waals surface area (Å²) in [6.45, 7) is -3.15. The lowest BCUT2D eigenvalue weighted by Gasteiger charge is -2.22. The molecule has 0 fully saturated rings. The smallest absolute Gasteiger partial charge is 0.387 e. The molecule has 1 unspecified atom stereocenters. The summed E-state index contributed by atoms with van der Waals surface area (Å²) in [5.41, 5.74) is -0.523. The molecule has 0 radical (unpaired) electrons. The van der Waals surface area contributed by atoms with Crippen LogP contribution in [0.15, 0.2) is 34.9 Å². The molecule has 0 bridgehead atoms. The molecule has 0 amide bonds. The van der Waals surface area contributed by atoms with Crippen LogP contribution in [0.1, 0.15) is 18.0 Å². The van der Waals surface area contributed by atoms with Gasteiger partial charge in [0.2, 0.25) is 0 Å². The summed E-state index contributed by atoms with van der Waals surface area (Å²) in [6, 6.07) is 4.15. The van der Waals surface area contributed by atoms with Gasteiger partial charge in [-0.25, -0.2) is 4.98 Å². The van der Waals surface area contributed by atoms with Crippen LogP contribution in [0.2, 0.25) is 5.15 Å². The van der Waals surface area contributed by atoms with Crippen LogP contribution < -0.4 is 10.1 Å². The first kappa shape index (κ1) is 20.8. The van der Waals surface area contributed by atoms with Gasteiger partial charge in [0, 0.05) is 16.1 Å².